The summed E-state index contributed by atoms with van der Waals surface area (Å²) < 4.78 is 1.16. The van der Waals surface area contributed by atoms with Gasteiger partial charge in [0, 0.05) is 45.4 Å². The van der Waals surface area contributed by atoms with Crippen molar-refractivity contribution in [1.29, 1.82) is 0 Å². The van der Waals surface area contributed by atoms with Crippen molar-refractivity contribution in [1.82, 2.24) is 5.32 Å². The van der Waals surface area contributed by atoms with E-state index in [1.807, 2.05) is 43.5 Å². The molecule has 0 saturated heterocycles. The molecule has 0 fully saturated rings. The number of dihydropyridines is 1. The first-order valence-corrected chi connectivity index (χ1v) is 11.8. The predicted molar refractivity (Wildman–Crippen MR) is 120 cm³/mol. The molecule has 0 radical (unpaired) electrons. The lowest BCUT2D eigenvalue weighted by molar-refractivity contribution is -0.116. The Morgan fingerprint density at radius 2 is 1.97 bits per heavy atom. The number of ketones is 1. The van der Waals surface area contributed by atoms with Crippen LogP contribution in [0, 0.1) is 6.92 Å². The molecule has 0 bridgehead atoms. The van der Waals surface area contributed by atoms with Crippen molar-refractivity contribution in [2.45, 2.75) is 43.2 Å². The number of hydrogen-bond acceptors (Lipinski definition) is 5. The highest BCUT2D eigenvalue weighted by Gasteiger charge is 2.39. The average Bonchev–Trinajstić information content (AvgIpc) is 3.08. The van der Waals surface area contributed by atoms with E-state index in [4.69, 9.17) is 0 Å². The summed E-state index contributed by atoms with van der Waals surface area (Å²) in [5.41, 5.74) is 5.03. The number of thioether (sulfide) groups is 1. The second kappa shape index (κ2) is 8.20. The van der Waals surface area contributed by atoms with Crippen LogP contribution in [0.5, 0.6) is 0 Å². The van der Waals surface area contributed by atoms with Gasteiger partial charge in [-0.1, -0.05) is 18.2 Å². The van der Waals surface area contributed by atoms with E-state index in [1.165, 1.54) is 4.88 Å². The fourth-order valence-electron chi connectivity index (χ4n) is 4.19. The Hall–Kier alpha value is -2.31. The van der Waals surface area contributed by atoms with Gasteiger partial charge < -0.3 is 10.6 Å². The lowest BCUT2D eigenvalue weighted by Crippen LogP contribution is -2.35. The fraction of sp³-hybridized carbons (Fsp3) is 0.304. The van der Waals surface area contributed by atoms with Gasteiger partial charge in [0.1, 0.15) is 0 Å². The van der Waals surface area contributed by atoms with Gasteiger partial charge in [-0.05, 0) is 56.7 Å². The van der Waals surface area contributed by atoms with Crippen molar-refractivity contribution in [2.75, 3.05) is 11.6 Å². The van der Waals surface area contributed by atoms with E-state index in [1.54, 1.807) is 23.1 Å². The summed E-state index contributed by atoms with van der Waals surface area (Å²) >= 11 is 3.40. The molecule has 1 atom stereocenters. The van der Waals surface area contributed by atoms with Crippen molar-refractivity contribution < 1.29 is 9.59 Å². The molecule has 4 rings (SSSR count). The van der Waals surface area contributed by atoms with Crippen LogP contribution in [0.4, 0.5) is 5.69 Å². The molecule has 0 spiro atoms. The Morgan fingerprint density at radius 3 is 2.69 bits per heavy atom. The smallest absolute Gasteiger partial charge is 0.254 e. The van der Waals surface area contributed by atoms with Gasteiger partial charge in [0.05, 0.1) is 4.21 Å². The number of Topliss-reactive ketones (excluding diaryl/α,β-unsaturated/α-hetero) is 1. The molecule has 6 heteroatoms. The van der Waals surface area contributed by atoms with Gasteiger partial charge in [-0.3, -0.25) is 9.59 Å². The van der Waals surface area contributed by atoms with Crippen LogP contribution in [0.15, 0.2) is 63.1 Å². The van der Waals surface area contributed by atoms with Crippen LogP contribution in [0.25, 0.3) is 0 Å². The number of amides is 1. The number of aryl methyl sites for hydroxylation is 1. The first kappa shape index (κ1) is 20.0. The van der Waals surface area contributed by atoms with Gasteiger partial charge in [0.25, 0.3) is 5.91 Å². The number of para-hydroxylation sites is 1. The van der Waals surface area contributed by atoms with Crippen molar-refractivity contribution >= 4 is 40.5 Å². The van der Waals surface area contributed by atoms with E-state index < -0.39 is 0 Å². The molecule has 1 aliphatic heterocycles. The summed E-state index contributed by atoms with van der Waals surface area (Å²) in [7, 11) is 0. The van der Waals surface area contributed by atoms with Crippen molar-refractivity contribution in [3.63, 3.8) is 0 Å². The Bertz CT molecular complexity index is 1030. The quantitative estimate of drug-likeness (QED) is 0.647. The molecule has 1 amide bonds. The normalized spacial score (nSPS) is 19.1. The van der Waals surface area contributed by atoms with Crippen LogP contribution in [0.2, 0.25) is 0 Å². The van der Waals surface area contributed by atoms with Gasteiger partial charge in [-0.25, -0.2) is 0 Å². The van der Waals surface area contributed by atoms with Gasteiger partial charge in [-0.2, -0.15) is 0 Å². The van der Waals surface area contributed by atoms with Crippen LogP contribution in [0.3, 0.4) is 0 Å². The average molecular weight is 425 g/mol. The van der Waals surface area contributed by atoms with E-state index in [9.17, 15) is 9.59 Å². The van der Waals surface area contributed by atoms with E-state index >= 15 is 0 Å². The SMILES string of the molecule is CSc1sc(C)cc1C1C(C(=O)Nc2ccccc2)=C(C)NC2=C1C(=O)CCC2. The highest BCUT2D eigenvalue weighted by Crippen LogP contribution is 2.47. The van der Waals surface area contributed by atoms with E-state index in [0.717, 1.165) is 45.3 Å². The van der Waals surface area contributed by atoms with Gasteiger partial charge in [0.2, 0.25) is 0 Å². The zero-order valence-electron chi connectivity index (χ0n) is 16.8. The number of rotatable bonds is 4. The third-order valence-corrected chi connectivity index (χ3v) is 7.61. The Labute approximate surface area is 179 Å². The molecule has 1 aromatic heterocycles. The third-order valence-electron chi connectivity index (χ3n) is 5.40. The van der Waals surface area contributed by atoms with E-state index in [0.29, 0.717) is 12.0 Å². The minimum absolute atomic E-state index is 0.150. The number of hydrogen-bond donors (Lipinski definition) is 2. The third kappa shape index (κ3) is 3.79. The molecule has 2 aromatic rings. The van der Waals surface area contributed by atoms with E-state index in [-0.39, 0.29) is 17.6 Å². The van der Waals surface area contributed by atoms with Crippen LogP contribution < -0.4 is 10.6 Å². The number of allylic oxidation sites excluding steroid dienone is 3. The molecular formula is C23H24N2O2S2. The zero-order chi connectivity index (χ0) is 20.5. The molecular weight excluding hydrogens is 400 g/mol. The molecule has 1 aromatic carbocycles. The Kier molecular flexibility index (Phi) is 5.65. The maximum absolute atomic E-state index is 13.4. The minimum atomic E-state index is -0.324. The molecule has 4 nitrogen and oxygen atoms in total. The first-order valence-electron chi connectivity index (χ1n) is 9.74. The number of carbonyl (C=O) groups is 2. The largest absolute Gasteiger partial charge is 0.362 e. The number of anilines is 1. The molecule has 29 heavy (non-hydrogen) atoms. The predicted octanol–water partition coefficient (Wildman–Crippen LogP) is 5.39. The maximum atomic E-state index is 13.4. The molecule has 1 unspecified atom stereocenters. The maximum Gasteiger partial charge on any atom is 0.254 e. The molecule has 2 heterocycles. The van der Waals surface area contributed by atoms with Crippen LogP contribution in [0.1, 0.15) is 42.5 Å². The second-order valence-electron chi connectivity index (χ2n) is 7.39. The Morgan fingerprint density at radius 1 is 1.21 bits per heavy atom. The highest BCUT2D eigenvalue weighted by atomic mass is 32.2. The van der Waals surface area contributed by atoms with Gasteiger partial charge in [-0.15, -0.1) is 23.1 Å². The summed E-state index contributed by atoms with van der Waals surface area (Å²) in [6, 6.07) is 11.6. The lowest BCUT2D eigenvalue weighted by atomic mass is 9.75. The van der Waals surface area contributed by atoms with Crippen LogP contribution in [-0.2, 0) is 9.59 Å². The summed E-state index contributed by atoms with van der Waals surface area (Å²) in [4.78, 5) is 27.6. The van der Waals surface area contributed by atoms with Crippen molar-refractivity contribution in [3.05, 3.63) is 69.4 Å². The topological polar surface area (TPSA) is 58.2 Å². The summed E-state index contributed by atoms with van der Waals surface area (Å²) in [5.74, 6) is -0.334. The monoisotopic (exact) mass is 424 g/mol. The van der Waals surface area contributed by atoms with Crippen molar-refractivity contribution in [3.8, 4) is 0 Å². The van der Waals surface area contributed by atoms with Crippen LogP contribution >= 0.6 is 23.1 Å². The van der Waals surface area contributed by atoms with Crippen LogP contribution in [-0.4, -0.2) is 17.9 Å². The number of carbonyl (C=O) groups excluding carboxylic acids is 2. The van der Waals surface area contributed by atoms with Gasteiger partial charge >= 0.3 is 0 Å². The summed E-state index contributed by atoms with van der Waals surface area (Å²) in [6.07, 6.45) is 4.30. The number of nitrogens with one attached hydrogen (secondary N) is 2. The zero-order valence-corrected chi connectivity index (χ0v) is 18.4. The standard InChI is InChI=1S/C23H24N2O2S2/c1-13-12-16(23(28-3)29-13)20-19(22(27)25-15-8-5-4-6-9-15)14(2)24-17-10-7-11-18(26)21(17)20/h4-6,8-9,12,20,24H,7,10-11H2,1-3H3,(H,25,27). The first-order chi connectivity index (χ1) is 14.0. The van der Waals surface area contributed by atoms with Gasteiger partial charge in [0.15, 0.2) is 5.78 Å². The molecule has 2 N–H and O–H groups in total. The van der Waals surface area contributed by atoms with E-state index in [2.05, 4.69) is 23.6 Å². The molecule has 2 aliphatic rings. The number of thiophene rings is 1. The summed E-state index contributed by atoms with van der Waals surface area (Å²) in [6.45, 7) is 4.01. The Balaban J connectivity index is 1.83. The summed E-state index contributed by atoms with van der Waals surface area (Å²) in [5, 5.41) is 6.41. The lowest BCUT2D eigenvalue weighted by Gasteiger charge is -2.34. The highest BCUT2D eigenvalue weighted by molar-refractivity contribution is 8.00. The fourth-order valence-corrected chi connectivity index (χ4v) is 6.10. The molecule has 1 aliphatic carbocycles. The minimum Gasteiger partial charge on any atom is -0.362 e. The van der Waals surface area contributed by atoms with Crippen molar-refractivity contribution in [2.24, 2.45) is 0 Å². The second-order valence-corrected chi connectivity index (χ2v) is 9.72. The number of benzene rings is 1. The molecule has 150 valence electrons. The molecule has 0 saturated carbocycles.